The minimum absolute atomic E-state index is 0.00735. The van der Waals surface area contributed by atoms with Crippen LogP contribution in [0.3, 0.4) is 0 Å². The van der Waals surface area contributed by atoms with Crippen LogP contribution in [-0.2, 0) is 6.54 Å². The minimum atomic E-state index is -4.42. The van der Waals surface area contributed by atoms with Crippen molar-refractivity contribution < 1.29 is 22.8 Å². The molecule has 1 aromatic heterocycles. The summed E-state index contributed by atoms with van der Waals surface area (Å²) < 4.78 is 37.7. The Morgan fingerprint density at radius 2 is 1.92 bits per heavy atom. The summed E-state index contributed by atoms with van der Waals surface area (Å²) in [5.74, 6) is -0.888. The van der Waals surface area contributed by atoms with E-state index in [-0.39, 0.29) is 11.5 Å². The molecule has 0 aliphatic rings. The van der Waals surface area contributed by atoms with Crippen LogP contribution in [0, 0.1) is 6.92 Å². The van der Waals surface area contributed by atoms with Crippen molar-refractivity contribution in [1.29, 1.82) is 0 Å². The molecule has 9 heteroatoms. The van der Waals surface area contributed by atoms with Gasteiger partial charge >= 0.3 is 6.18 Å². The number of alkyl halides is 3. The van der Waals surface area contributed by atoms with Crippen molar-refractivity contribution in [2.75, 3.05) is 11.9 Å². The average Bonchev–Trinajstić information content (AvgIpc) is 2.96. The third-order valence-electron chi connectivity index (χ3n) is 3.32. The van der Waals surface area contributed by atoms with Crippen molar-refractivity contribution >= 4 is 17.5 Å². The van der Waals surface area contributed by atoms with E-state index in [1.54, 1.807) is 26.0 Å². The fraction of sp³-hybridized carbons (Fsp3) is 0.312. The summed E-state index contributed by atoms with van der Waals surface area (Å²) in [5, 5.41) is 8.76. The van der Waals surface area contributed by atoms with Gasteiger partial charge in [0, 0.05) is 24.0 Å². The van der Waals surface area contributed by atoms with Crippen LogP contribution in [0.1, 0.15) is 33.2 Å². The van der Waals surface area contributed by atoms with E-state index in [1.807, 2.05) is 0 Å². The Hall–Kier alpha value is -2.84. The monoisotopic (exact) mass is 354 g/mol. The number of anilines is 1. The molecule has 0 bridgehead atoms. The van der Waals surface area contributed by atoms with Crippen LogP contribution in [0.15, 0.2) is 30.6 Å². The first-order valence-corrected chi connectivity index (χ1v) is 7.49. The molecule has 2 amide bonds. The van der Waals surface area contributed by atoms with Crippen LogP contribution in [0.4, 0.5) is 18.9 Å². The number of aromatic nitrogens is 2. The molecule has 0 saturated heterocycles. The number of nitrogens with one attached hydrogen (secondary N) is 2. The highest BCUT2D eigenvalue weighted by molar-refractivity contribution is 6.05. The SMILES string of the molecule is CCNC(=O)c1ccc(C)c(NC(=O)c2cnn(CC(F)(F)F)c2)c1. The van der Waals surface area contributed by atoms with Gasteiger partial charge in [-0.25, -0.2) is 0 Å². The van der Waals surface area contributed by atoms with Crippen molar-refractivity contribution in [2.45, 2.75) is 26.6 Å². The van der Waals surface area contributed by atoms with E-state index in [9.17, 15) is 22.8 Å². The van der Waals surface area contributed by atoms with Gasteiger partial charge in [-0.3, -0.25) is 14.3 Å². The maximum Gasteiger partial charge on any atom is 0.408 e. The van der Waals surface area contributed by atoms with Gasteiger partial charge in [0.2, 0.25) is 0 Å². The average molecular weight is 354 g/mol. The standard InChI is InChI=1S/C16H17F3N4O2/c1-3-20-14(24)11-5-4-10(2)13(6-11)22-15(25)12-7-21-23(8-12)9-16(17,18)19/h4-8H,3,9H2,1-2H3,(H,20,24)(H,22,25). The molecular formula is C16H17F3N4O2. The Morgan fingerprint density at radius 3 is 2.56 bits per heavy atom. The molecule has 25 heavy (non-hydrogen) atoms. The number of hydrogen-bond acceptors (Lipinski definition) is 3. The van der Waals surface area contributed by atoms with Crippen LogP contribution >= 0.6 is 0 Å². The summed E-state index contributed by atoms with van der Waals surface area (Å²) in [5.41, 5.74) is 1.48. The zero-order chi connectivity index (χ0) is 18.6. The fourth-order valence-electron chi connectivity index (χ4n) is 2.11. The number of carbonyl (C=O) groups excluding carboxylic acids is 2. The number of aryl methyl sites for hydroxylation is 1. The predicted molar refractivity (Wildman–Crippen MR) is 85.4 cm³/mol. The Morgan fingerprint density at radius 1 is 1.20 bits per heavy atom. The van der Waals surface area contributed by atoms with Crippen LogP contribution in [0.25, 0.3) is 0 Å². The highest BCUT2D eigenvalue weighted by Gasteiger charge is 2.28. The molecule has 2 rings (SSSR count). The van der Waals surface area contributed by atoms with Crippen molar-refractivity contribution in [1.82, 2.24) is 15.1 Å². The first-order valence-electron chi connectivity index (χ1n) is 7.49. The van der Waals surface area contributed by atoms with E-state index in [1.165, 1.54) is 6.07 Å². The van der Waals surface area contributed by atoms with Gasteiger partial charge in [-0.15, -0.1) is 0 Å². The third-order valence-corrected chi connectivity index (χ3v) is 3.32. The van der Waals surface area contributed by atoms with Gasteiger partial charge in [-0.1, -0.05) is 6.07 Å². The summed E-state index contributed by atoms with van der Waals surface area (Å²) in [6, 6.07) is 4.81. The highest BCUT2D eigenvalue weighted by Crippen LogP contribution is 2.19. The van der Waals surface area contributed by atoms with Crippen LogP contribution in [-0.4, -0.2) is 34.3 Å². The van der Waals surface area contributed by atoms with Gasteiger partial charge in [-0.2, -0.15) is 18.3 Å². The normalized spacial score (nSPS) is 11.2. The molecular weight excluding hydrogens is 337 g/mol. The molecule has 0 spiro atoms. The van der Waals surface area contributed by atoms with E-state index in [0.717, 1.165) is 12.4 Å². The zero-order valence-electron chi connectivity index (χ0n) is 13.6. The molecule has 2 aromatic rings. The first kappa shape index (κ1) is 18.5. The van der Waals surface area contributed by atoms with Crippen molar-refractivity contribution in [3.63, 3.8) is 0 Å². The van der Waals surface area contributed by atoms with Crippen LogP contribution in [0.2, 0.25) is 0 Å². The van der Waals surface area contributed by atoms with Crippen molar-refractivity contribution in [3.8, 4) is 0 Å². The molecule has 0 atom stereocenters. The second-order valence-electron chi connectivity index (χ2n) is 5.39. The molecule has 0 unspecified atom stereocenters. The topological polar surface area (TPSA) is 76.0 Å². The van der Waals surface area contributed by atoms with Crippen LogP contribution < -0.4 is 10.6 Å². The Kier molecular flexibility index (Phi) is 5.45. The number of nitrogens with zero attached hydrogens (tertiary/aromatic N) is 2. The molecule has 0 aliphatic carbocycles. The molecule has 2 N–H and O–H groups in total. The van der Waals surface area contributed by atoms with E-state index in [2.05, 4.69) is 15.7 Å². The molecule has 1 aromatic carbocycles. The zero-order valence-corrected chi connectivity index (χ0v) is 13.6. The molecule has 0 saturated carbocycles. The quantitative estimate of drug-likeness (QED) is 0.867. The van der Waals surface area contributed by atoms with E-state index < -0.39 is 18.6 Å². The molecule has 1 heterocycles. The maximum absolute atomic E-state index is 12.3. The van der Waals surface area contributed by atoms with E-state index >= 15 is 0 Å². The Labute approximate surface area is 142 Å². The minimum Gasteiger partial charge on any atom is -0.352 e. The van der Waals surface area contributed by atoms with Gasteiger partial charge in [0.25, 0.3) is 11.8 Å². The summed E-state index contributed by atoms with van der Waals surface area (Å²) in [7, 11) is 0. The van der Waals surface area contributed by atoms with Gasteiger partial charge < -0.3 is 10.6 Å². The second kappa shape index (κ2) is 7.37. The second-order valence-corrected chi connectivity index (χ2v) is 5.39. The molecule has 6 nitrogen and oxygen atoms in total. The van der Waals surface area contributed by atoms with Gasteiger partial charge in [0.05, 0.1) is 11.8 Å². The van der Waals surface area contributed by atoms with Gasteiger partial charge in [0.1, 0.15) is 6.54 Å². The molecule has 0 radical (unpaired) electrons. The molecule has 134 valence electrons. The van der Waals surface area contributed by atoms with Crippen molar-refractivity contribution in [3.05, 3.63) is 47.3 Å². The number of halogens is 3. The first-order chi connectivity index (χ1) is 11.7. The lowest BCUT2D eigenvalue weighted by molar-refractivity contribution is -0.142. The number of amides is 2. The maximum atomic E-state index is 12.3. The summed E-state index contributed by atoms with van der Waals surface area (Å²) >= 11 is 0. The Balaban J connectivity index is 2.15. The van der Waals surface area contributed by atoms with E-state index in [0.29, 0.717) is 28.0 Å². The highest BCUT2D eigenvalue weighted by atomic mass is 19.4. The number of rotatable bonds is 5. The number of benzene rings is 1. The lowest BCUT2D eigenvalue weighted by atomic mass is 10.1. The smallest absolute Gasteiger partial charge is 0.352 e. The summed E-state index contributed by atoms with van der Waals surface area (Å²) in [6.45, 7) is 2.72. The summed E-state index contributed by atoms with van der Waals surface area (Å²) in [4.78, 5) is 24.1. The third kappa shape index (κ3) is 5.07. The Bertz CT molecular complexity index is 784. The number of carbonyl (C=O) groups is 2. The predicted octanol–water partition coefficient (Wildman–Crippen LogP) is 2.76. The van der Waals surface area contributed by atoms with Crippen molar-refractivity contribution in [2.24, 2.45) is 0 Å². The molecule has 0 fully saturated rings. The lowest BCUT2D eigenvalue weighted by Gasteiger charge is -2.10. The van der Waals surface area contributed by atoms with E-state index in [4.69, 9.17) is 0 Å². The van der Waals surface area contributed by atoms with Gasteiger partial charge in [0.15, 0.2) is 0 Å². The number of hydrogen-bond donors (Lipinski definition) is 2. The lowest BCUT2D eigenvalue weighted by Crippen LogP contribution is -2.23. The largest absolute Gasteiger partial charge is 0.408 e. The molecule has 0 aliphatic heterocycles. The fourth-order valence-corrected chi connectivity index (χ4v) is 2.11. The van der Waals surface area contributed by atoms with Crippen LogP contribution in [0.5, 0.6) is 0 Å². The van der Waals surface area contributed by atoms with Gasteiger partial charge in [-0.05, 0) is 31.5 Å². The summed E-state index contributed by atoms with van der Waals surface area (Å²) in [6.07, 6.45) is -2.34.